The molecule has 2 aromatic carbocycles. The van der Waals surface area contributed by atoms with Gasteiger partial charge in [-0.2, -0.15) is 13.2 Å². The van der Waals surface area contributed by atoms with Crippen LogP contribution >= 0.6 is 0 Å². The normalized spacial score (nSPS) is 18.3. The van der Waals surface area contributed by atoms with Crippen LogP contribution in [0.4, 0.5) is 13.2 Å². The number of aromatic nitrogens is 2. The van der Waals surface area contributed by atoms with E-state index in [9.17, 15) is 18.0 Å². The third-order valence-corrected chi connectivity index (χ3v) is 7.31. The highest BCUT2D eigenvalue weighted by molar-refractivity contribution is 5.91. The van der Waals surface area contributed by atoms with E-state index in [1.165, 1.54) is 0 Å². The van der Waals surface area contributed by atoms with Gasteiger partial charge >= 0.3 is 6.18 Å². The number of alkyl halides is 3. The standard InChI is InChI=1S/C27H30F3N3O.HI/c1-20-32(16-8-15-26(28,29)30)17-18-33(20)24-14-13-23(19-24)27(25(31)34,21-9-4-2-5-10-21)22-11-6-3-7-12-22;/h2-7,9-12,17-18,23-24H,8,13-16,19H2,1H3,(H-,31,34);1H/t23-,24+;/m0./s1. The van der Waals surface area contributed by atoms with Gasteiger partial charge in [-0.15, -0.1) is 0 Å². The molecule has 2 atom stereocenters. The van der Waals surface area contributed by atoms with Crippen LogP contribution in [-0.4, -0.2) is 16.7 Å². The van der Waals surface area contributed by atoms with Gasteiger partial charge in [0.05, 0.1) is 6.54 Å². The Labute approximate surface area is 221 Å². The quantitative estimate of drug-likeness (QED) is 0.315. The topological polar surface area (TPSA) is 51.9 Å². The lowest BCUT2D eigenvalue weighted by Crippen LogP contribution is -3.00. The zero-order valence-electron chi connectivity index (χ0n) is 19.7. The summed E-state index contributed by atoms with van der Waals surface area (Å²) in [6, 6.07) is 19.6. The molecule has 0 spiro atoms. The fourth-order valence-electron chi connectivity index (χ4n) is 5.72. The fraction of sp³-hybridized carbons (Fsp3) is 0.407. The highest BCUT2D eigenvalue weighted by Gasteiger charge is 2.51. The highest BCUT2D eigenvalue weighted by Crippen LogP contribution is 2.49. The Morgan fingerprint density at radius 3 is 2.11 bits per heavy atom. The van der Waals surface area contributed by atoms with Gasteiger partial charge in [0, 0.05) is 13.3 Å². The maximum atomic E-state index is 13.2. The molecular formula is C27H31F3IN3O. The van der Waals surface area contributed by atoms with Gasteiger partial charge in [-0.05, 0) is 42.7 Å². The number of carbonyl (C=O) groups is 1. The summed E-state index contributed by atoms with van der Waals surface area (Å²) < 4.78 is 41.7. The number of amides is 1. The molecule has 2 N–H and O–H groups in total. The number of hydrogen-bond acceptors (Lipinski definition) is 1. The van der Waals surface area contributed by atoms with Crippen molar-refractivity contribution >= 4 is 5.91 Å². The van der Waals surface area contributed by atoms with E-state index in [1.54, 1.807) is 0 Å². The van der Waals surface area contributed by atoms with E-state index < -0.39 is 18.0 Å². The first-order chi connectivity index (χ1) is 16.2. The van der Waals surface area contributed by atoms with E-state index in [2.05, 4.69) is 4.57 Å². The Hall–Kier alpha value is -2.36. The molecule has 0 aliphatic heterocycles. The van der Waals surface area contributed by atoms with Crippen LogP contribution in [-0.2, 0) is 16.8 Å². The van der Waals surface area contributed by atoms with Crippen LogP contribution in [0.2, 0.25) is 0 Å². The van der Waals surface area contributed by atoms with Gasteiger partial charge in [0.25, 0.3) is 5.82 Å². The monoisotopic (exact) mass is 597 g/mol. The van der Waals surface area contributed by atoms with E-state index in [0.717, 1.165) is 36.2 Å². The van der Waals surface area contributed by atoms with Crippen LogP contribution in [0, 0.1) is 12.8 Å². The minimum Gasteiger partial charge on any atom is -1.00 e. The second kappa shape index (κ2) is 11.1. The van der Waals surface area contributed by atoms with Gasteiger partial charge in [-0.1, -0.05) is 60.7 Å². The van der Waals surface area contributed by atoms with Crippen molar-refractivity contribution in [3.8, 4) is 0 Å². The lowest BCUT2D eigenvalue weighted by atomic mass is 9.64. The molecule has 1 aromatic heterocycles. The van der Waals surface area contributed by atoms with Gasteiger partial charge in [-0.3, -0.25) is 4.79 Å². The molecule has 1 aliphatic carbocycles. The minimum atomic E-state index is -4.14. The first kappa shape index (κ1) is 27.2. The second-order valence-corrected chi connectivity index (χ2v) is 9.23. The molecule has 1 fully saturated rings. The molecule has 1 aliphatic rings. The molecule has 0 radical (unpaired) electrons. The average molecular weight is 597 g/mol. The maximum Gasteiger partial charge on any atom is 0.389 e. The molecule has 8 heteroatoms. The third-order valence-electron chi connectivity index (χ3n) is 7.31. The molecule has 1 heterocycles. The number of hydrogen-bond donors (Lipinski definition) is 1. The SMILES string of the molecule is Cc1n([C@@H]2CC[C@H](C(C(N)=O)(c3ccccc3)c3ccccc3)C2)cc[n+]1CCCC(F)(F)F.[I-]. The molecule has 188 valence electrons. The summed E-state index contributed by atoms with van der Waals surface area (Å²) >= 11 is 0. The lowest BCUT2D eigenvalue weighted by molar-refractivity contribution is -0.703. The minimum absolute atomic E-state index is 0. The predicted octanol–water partition coefficient (Wildman–Crippen LogP) is 2.24. The van der Waals surface area contributed by atoms with Crippen molar-refractivity contribution < 1.29 is 46.5 Å². The maximum absolute atomic E-state index is 13.2. The van der Waals surface area contributed by atoms with Crippen molar-refractivity contribution in [2.45, 2.75) is 63.2 Å². The van der Waals surface area contributed by atoms with E-state index in [0.29, 0.717) is 6.54 Å². The van der Waals surface area contributed by atoms with Crippen molar-refractivity contribution in [1.29, 1.82) is 0 Å². The van der Waals surface area contributed by atoms with Crippen LogP contribution in [0.15, 0.2) is 73.1 Å². The number of carbonyl (C=O) groups excluding carboxylic acids is 1. The Morgan fingerprint density at radius 2 is 1.60 bits per heavy atom. The summed E-state index contributed by atoms with van der Waals surface area (Å²) in [4.78, 5) is 13.2. The Bertz CT molecular complexity index is 1080. The number of nitrogens with zero attached hydrogens (tertiary/aromatic N) is 2. The molecular weight excluding hydrogens is 566 g/mol. The number of nitrogens with two attached hydrogens (primary N) is 1. The van der Waals surface area contributed by atoms with Crippen molar-refractivity contribution in [3.05, 3.63) is 90.0 Å². The molecule has 0 unspecified atom stereocenters. The lowest BCUT2D eigenvalue weighted by Gasteiger charge is -2.37. The number of aryl methyl sites for hydroxylation is 1. The first-order valence-electron chi connectivity index (χ1n) is 11.8. The number of rotatable bonds is 8. The number of primary amides is 1. The number of halogens is 4. The predicted molar refractivity (Wildman–Crippen MR) is 124 cm³/mol. The van der Waals surface area contributed by atoms with Crippen LogP contribution in [0.1, 0.15) is 55.1 Å². The van der Waals surface area contributed by atoms with Gasteiger partial charge in [-0.25, -0.2) is 9.13 Å². The summed E-state index contributed by atoms with van der Waals surface area (Å²) in [6.07, 6.45) is 1.39. The molecule has 1 amide bonds. The average Bonchev–Trinajstić information content (AvgIpc) is 3.42. The van der Waals surface area contributed by atoms with Gasteiger partial charge in [0.15, 0.2) is 0 Å². The summed E-state index contributed by atoms with van der Waals surface area (Å²) in [5, 5.41) is 0. The summed E-state index contributed by atoms with van der Waals surface area (Å²) in [6.45, 7) is 2.27. The molecule has 0 saturated heterocycles. The molecule has 35 heavy (non-hydrogen) atoms. The van der Waals surface area contributed by atoms with Crippen molar-refractivity contribution in [3.63, 3.8) is 0 Å². The highest BCUT2D eigenvalue weighted by atomic mass is 127. The first-order valence-corrected chi connectivity index (χ1v) is 11.8. The molecule has 1 saturated carbocycles. The molecule has 3 aromatic rings. The summed E-state index contributed by atoms with van der Waals surface area (Å²) in [5.41, 5.74) is 7.03. The Kier molecular flexibility index (Phi) is 8.67. The fourth-order valence-corrected chi connectivity index (χ4v) is 5.72. The second-order valence-electron chi connectivity index (χ2n) is 9.23. The van der Waals surface area contributed by atoms with E-state index in [-0.39, 0.29) is 48.3 Å². The van der Waals surface area contributed by atoms with Crippen LogP contribution in [0.5, 0.6) is 0 Å². The summed E-state index contributed by atoms with van der Waals surface area (Å²) in [7, 11) is 0. The molecule has 4 nitrogen and oxygen atoms in total. The van der Waals surface area contributed by atoms with Crippen molar-refractivity contribution in [2.24, 2.45) is 11.7 Å². The van der Waals surface area contributed by atoms with Crippen LogP contribution in [0.3, 0.4) is 0 Å². The van der Waals surface area contributed by atoms with E-state index in [4.69, 9.17) is 5.73 Å². The van der Waals surface area contributed by atoms with Crippen molar-refractivity contribution in [2.75, 3.05) is 0 Å². The third kappa shape index (κ3) is 5.57. The molecule has 0 bridgehead atoms. The largest absolute Gasteiger partial charge is 1.00 e. The van der Waals surface area contributed by atoms with Gasteiger partial charge < -0.3 is 29.7 Å². The Balaban J connectivity index is 0.00000342. The van der Waals surface area contributed by atoms with Crippen LogP contribution in [0.25, 0.3) is 0 Å². The van der Waals surface area contributed by atoms with Gasteiger partial charge in [0.1, 0.15) is 23.9 Å². The number of imidazole rings is 1. The molecule has 4 rings (SSSR count). The smallest absolute Gasteiger partial charge is 0.389 e. The van der Waals surface area contributed by atoms with E-state index in [1.807, 2.05) is 84.5 Å². The zero-order chi connectivity index (χ0) is 24.3. The van der Waals surface area contributed by atoms with Crippen molar-refractivity contribution in [1.82, 2.24) is 4.57 Å². The number of benzene rings is 2. The van der Waals surface area contributed by atoms with Gasteiger partial charge in [0.2, 0.25) is 5.91 Å². The Morgan fingerprint density at radius 1 is 1.03 bits per heavy atom. The summed E-state index contributed by atoms with van der Waals surface area (Å²) in [5.74, 6) is 0.569. The van der Waals surface area contributed by atoms with Crippen LogP contribution < -0.4 is 34.3 Å². The van der Waals surface area contributed by atoms with E-state index >= 15 is 0 Å². The zero-order valence-corrected chi connectivity index (χ0v) is 21.9.